The van der Waals surface area contributed by atoms with Crippen molar-refractivity contribution in [1.82, 2.24) is 14.5 Å². The molecule has 0 spiro atoms. The predicted octanol–water partition coefficient (Wildman–Crippen LogP) is 2.65. The van der Waals surface area contributed by atoms with Crippen LogP contribution in [0.15, 0.2) is 17.8 Å². The van der Waals surface area contributed by atoms with E-state index in [1.807, 2.05) is 19.3 Å². The first-order valence-electron chi connectivity index (χ1n) is 5.20. The number of aromatic nitrogens is 3. The highest BCUT2D eigenvalue weighted by atomic mass is 32.1. The Labute approximate surface area is 93.8 Å². The van der Waals surface area contributed by atoms with Gasteiger partial charge in [0.15, 0.2) is 0 Å². The van der Waals surface area contributed by atoms with Crippen molar-refractivity contribution in [2.75, 3.05) is 0 Å². The molecule has 0 saturated heterocycles. The van der Waals surface area contributed by atoms with E-state index in [4.69, 9.17) is 0 Å². The molecule has 2 aromatic heterocycles. The number of thiazole rings is 1. The summed E-state index contributed by atoms with van der Waals surface area (Å²) in [6.07, 6.45) is 6.06. The van der Waals surface area contributed by atoms with Crippen molar-refractivity contribution in [3.05, 3.63) is 34.3 Å². The van der Waals surface area contributed by atoms with E-state index in [0.29, 0.717) is 0 Å². The van der Waals surface area contributed by atoms with Crippen LogP contribution in [0.5, 0.6) is 0 Å². The molecule has 0 unspecified atom stereocenters. The fourth-order valence-corrected chi connectivity index (χ4v) is 2.19. The summed E-state index contributed by atoms with van der Waals surface area (Å²) in [5.74, 6) is 1.16. The molecule has 0 atom stereocenters. The molecule has 15 heavy (non-hydrogen) atoms. The summed E-state index contributed by atoms with van der Waals surface area (Å²) >= 11 is 1.70. The number of aryl methyl sites for hydroxylation is 2. The van der Waals surface area contributed by atoms with E-state index in [0.717, 1.165) is 35.9 Å². The minimum Gasteiger partial charge on any atom is -0.329 e. The topological polar surface area (TPSA) is 30.7 Å². The lowest BCUT2D eigenvalue weighted by Gasteiger charge is -2.04. The van der Waals surface area contributed by atoms with Gasteiger partial charge in [0.1, 0.15) is 5.82 Å². The van der Waals surface area contributed by atoms with Crippen molar-refractivity contribution in [3.8, 4) is 0 Å². The third-order valence-corrected chi connectivity index (χ3v) is 3.10. The van der Waals surface area contributed by atoms with Crippen molar-refractivity contribution in [2.24, 2.45) is 0 Å². The van der Waals surface area contributed by atoms with Crippen molar-refractivity contribution in [1.29, 1.82) is 0 Å². The average Bonchev–Trinajstić information content (AvgIpc) is 2.78. The van der Waals surface area contributed by atoms with Crippen LogP contribution in [0.1, 0.15) is 29.9 Å². The first-order chi connectivity index (χ1) is 7.29. The maximum Gasteiger partial charge on any atom is 0.108 e. The van der Waals surface area contributed by atoms with Gasteiger partial charge in [0.25, 0.3) is 0 Å². The molecule has 2 rings (SSSR count). The molecular weight excluding hydrogens is 206 g/mol. The monoisotopic (exact) mass is 221 g/mol. The number of nitrogens with zero attached hydrogens (tertiary/aromatic N) is 3. The quantitative estimate of drug-likeness (QED) is 0.794. The molecule has 4 heteroatoms. The Balaban J connectivity index is 2.13. The van der Waals surface area contributed by atoms with Gasteiger partial charge >= 0.3 is 0 Å². The van der Waals surface area contributed by atoms with E-state index in [-0.39, 0.29) is 0 Å². The molecule has 80 valence electrons. The lowest BCUT2D eigenvalue weighted by atomic mass is 10.3. The molecule has 0 bridgehead atoms. The average molecular weight is 221 g/mol. The zero-order valence-electron chi connectivity index (χ0n) is 9.10. The summed E-state index contributed by atoms with van der Waals surface area (Å²) in [5.41, 5.74) is 1.13. The third-order valence-electron chi connectivity index (χ3n) is 2.27. The van der Waals surface area contributed by atoms with Gasteiger partial charge in [-0.25, -0.2) is 9.97 Å². The van der Waals surface area contributed by atoms with E-state index in [1.165, 1.54) is 0 Å². The lowest BCUT2D eigenvalue weighted by Crippen LogP contribution is -2.04. The predicted molar refractivity (Wildman–Crippen MR) is 62.2 cm³/mol. The summed E-state index contributed by atoms with van der Waals surface area (Å²) in [7, 11) is 0. The van der Waals surface area contributed by atoms with Gasteiger partial charge in [-0.3, -0.25) is 0 Å². The maximum absolute atomic E-state index is 4.46. The van der Waals surface area contributed by atoms with Crippen molar-refractivity contribution >= 4 is 11.3 Å². The molecule has 0 saturated carbocycles. The Kier molecular flexibility index (Phi) is 3.16. The summed E-state index contributed by atoms with van der Waals surface area (Å²) in [6, 6.07) is 0. The van der Waals surface area contributed by atoms with E-state index in [9.17, 15) is 0 Å². The molecule has 0 radical (unpaired) electrons. The Morgan fingerprint density at radius 1 is 1.47 bits per heavy atom. The van der Waals surface area contributed by atoms with Crippen LogP contribution in [0.4, 0.5) is 0 Å². The van der Waals surface area contributed by atoms with Gasteiger partial charge < -0.3 is 4.57 Å². The van der Waals surface area contributed by atoms with Crippen molar-refractivity contribution in [2.45, 2.75) is 33.2 Å². The molecule has 0 N–H and O–H groups in total. The van der Waals surface area contributed by atoms with Gasteiger partial charge in [-0.05, 0) is 13.3 Å². The second kappa shape index (κ2) is 4.57. The van der Waals surface area contributed by atoms with Crippen molar-refractivity contribution < 1.29 is 0 Å². The van der Waals surface area contributed by atoms with E-state index < -0.39 is 0 Å². The van der Waals surface area contributed by atoms with Crippen LogP contribution in [0.3, 0.4) is 0 Å². The van der Waals surface area contributed by atoms with Crippen LogP contribution in [0, 0.1) is 6.92 Å². The highest BCUT2D eigenvalue weighted by Crippen LogP contribution is 2.11. The van der Waals surface area contributed by atoms with Crippen LogP contribution in [-0.4, -0.2) is 14.5 Å². The molecule has 3 nitrogen and oxygen atoms in total. The zero-order valence-corrected chi connectivity index (χ0v) is 9.92. The SMILES string of the molecule is CCCc1nccn1Cc1csc(C)n1. The Bertz CT molecular complexity index is 430. The molecule has 0 fully saturated rings. The third kappa shape index (κ3) is 2.45. The summed E-state index contributed by atoms with van der Waals surface area (Å²) in [4.78, 5) is 8.80. The normalized spacial score (nSPS) is 10.8. The fourth-order valence-electron chi connectivity index (χ4n) is 1.59. The van der Waals surface area contributed by atoms with E-state index in [1.54, 1.807) is 11.3 Å². The second-order valence-electron chi connectivity index (χ2n) is 3.58. The van der Waals surface area contributed by atoms with Gasteiger partial charge in [0.2, 0.25) is 0 Å². The highest BCUT2D eigenvalue weighted by molar-refractivity contribution is 7.09. The maximum atomic E-state index is 4.46. The number of rotatable bonds is 4. The summed E-state index contributed by atoms with van der Waals surface area (Å²) in [6.45, 7) is 5.06. The van der Waals surface area contributed by atoms with Crippen LogP contribution in [-0.2, 0) is 13.0 Å². The van der Waals surface area contributed by atoms with Crippen molar-refractivity contribution in [3.63, 3.8) is 0 Å². The highest BCUT2D eigenvalue weighted by Gasteiger charge is 2.04. The van der Waals surface area contributed by atoms with Gasteiger partial charge in [-0.15, -0.1) is 11.3 Å². The molecule has 0 aliphatic rings. The van der Waals surface area contributed by atoms with Crippen LogP contribution in [0.25, 0.3) is 0 Å². The minimum atomic E-state index is 0.847. The zero-order chi connectivity index (χ0) is 10.7. The lowest BCUT2D eigenvalue weighted by molar-refractivity contribution is 0.695. The number of imidazole rings is 1. The van der Waals surface area contributed by atoms with E-state index in [2.05, 4.69) is 26.8 Å². The van der Waals surface area contributed by atoms with Crippen LogP contribution in [0.2, 0.25) is 0 Å². The van der Waals surface area contributed by atoms with Crippen LogP contribution >= 0.6 is 11.3 Å². The molecule has 0 aliphatic carbocycles. The number of hydrogen-bond acceptors (Lipinski definition) is 3. The van der Waals surface area contributed by atoms with Gasteiger partial charge in [-0.2, -0.15) is 0 Å². The molecule has 0 aliphatic heterocycles. The molecular formula is C11H15N3S. The Hall–Kier alpha value is -1.16. The second-order valence-corrected chi connectivity index (χ2v) is 4.64. The van der Waals surface area contributed by atoms with Crippen LogP contribution < -0.4 is 0 Å². The standard InChI is InChI=1S/C11H15N3S/c1-3-4-11-12-5-6-14(11)7-10-8-15-9(2)13-10/h5-6,8H,3-4,7H2,1-2H3. The Morgan fingerprint density at radius 2 is 2.33 bits per heavy atom. The number of hydrogen-bond donors (Lipinski definition) is 0. The largest absolute Gasteiger partial charge is 0.329 e. The van der Waals surface area contributed by atoms with E-state index >= 15 is 0 Å². The fraction of sp³-hybridized carbons (Fsp3) is 0.455. The molecule has 0 aromatic carbocycles. The van der Waals surface area contributed by atoms with Gasteiger partial charge in [0.05, 0.1) is 17.2 Å². The molecule has 0 amide bonds. The molecule has 2 heterocycles. The molecule has 2 aromatic rings. The Morgan fingerprint density at radius 3 is 3.00 bits per heavy atom. The first kappa shape index (κ1) is 10.4. The van der Waals surface area contributed by atoms with Gasteiger partial charge in [0, 0.05) is 24.2 Å². The summed E-state index contributed by atoms with van der Waals surface area (Å²) in [5, 5.41) is 3.24. The summed E-state index contributed by atoms with van der Waals surface area (Å²) < 4.78 is 2.18. The minimum absolute atomic E-state index is 0.847. The van der Waals surface area contributed by atoms with Gasteiger partial charge in [-0.1, -0.05) is 6.92 Å². The smallest absolute Gasteiger partial charge is 0.108 e. The first-order valence-corrected chi connectivity index (χ1v) is 6.08.